The van der Waals surface area contributed by atoms with Crippen LogP contribution in [-0.2, 0) is 4.74 Å². The van der Waals surface area contributed by atoms with Crippen LogP contribution in [0.3, 0.4) is 0 Å². The van der Waals surface area contributed by atoms with Crippen LogP contribution in [0, 0.1) is 6.92 Å². The summed E-state index contributed by atoms with van der Waals surface area (Å²) >= 11 is 0. The number of hydrogen-bond acceptors (Lipinski definition) is 3. The molecule has 0 fully saturated rings. The van der Waals surface area contributed by atoms with E-state index in [1.165, 1.54) is 4.90 Å². The first-order chi connectivity index (χ1) is 7.70. The lowest BCUT2D eigenvalue weighted by molar-refractivity contribution is 0.0589. The molecule has 1 amide bonds. The second-order valence-electron chi connectivity index (χ2n) is 5.09. The topological polar surface area (TPSA) is 55.6 Å². The highest BCUT2D eigenvalue weighted by molar-refractivity contribution is 5.88. The predicted octanol–water partition coefficient (Wildman–Crippen LogP) is 2.95. The van der Waals surface area contributed by atoms with Gasteiger partial charge in [-0.2, -0.15) is 0 Å². The minimum atomic E-state index is -0.493. The maximum Gasteiger partial charge on any atom is 0.414 e. The quantitative estimate of drug-likeness (QED) is 0.763. The molecule has 2 N–H and O–H groups in total. The van der Waals surface area contributed by atoms with Crippen LogP contribution >= 0.6 is 0 Å². The van der Waals surface area contributed by atoms with Crippen LogP contribution in [0.25, 0.3) is 0 Å². The molecule has 94 valence electrons. The van der Waals surface area contributed by atoms with Gasteiger partial charge in [-0.05, 0) is 51.5 Å². The molecule has 4 nitrogen and oxygen atoms in total. The number of aryl methyl sites for hydroxylation is 1. The van der Waals surface area contributed by atoms with Gasteiger partial charge in [0, 0.05) is 18.4 Å². The molecule has 1 rings (SSSR count). The monoisotopic (exact) mass is 236 g/mol. The molecule has 0 aromatic heterocycles. The van der Waals surface area contributed by atoms with Crippen LogP contribution in [-0.4, -0.2) is 18.7 Å². The van der Waals surface area contributed by atoms with Gasteiger partial charge in [-0.3, -0.25) is 4.90 Å². The fourth-order valence-corrected chi connectivity index (χ4v) is 1.48. The Kier molecular flexibility index (Phi) is 3.66. The van der Waals surface area contributed by atoms with Gasteiger partial charge in [0.15, 0.2) is 0 Å². The molecule has 0 aliphatic rings. The number of rotatable bonds is 1. The third-order valence-electron chi connectivity index (χ3n) is 2.25. The van der Waals surface area contributed by atoms with Gasteiger partial charge in [0.1, 0.15) is 5.60 Å². The highest BCUT2D eigenvalue weighted by atomic mass is 16.6. The number of nitrogen functional groups attached to an aromatic ring is 1. The Hall–Kier alpha value is -1.71. The molecule has 0 spiro atoms. The van der Waals surface area contributed by atoms with Crippen molar-refractivity contribution in [3.63, 3.8) is 0 Å². The molecule has 0 saturated carbocycles. The van der Waals surface area contributed by atoms with Crippen LogP contribution in [0.15, 0.2) is 18.2 Å². The van der Waals surface area contributed by atoms with E-state index in [-0.39, 0.29) is 6.09 Å². The van der Waals surface area contributed by atoms with E-state index < -0.39 is 5.60 Å². The molecule has 17 heavy (non-hydrogen) atoms. The summed E-state index contributed by atoms with van der Waals surface area (Å²) in [6.45, 7) is 7.43. The zero-order valence-corrected chi connectivity index (χ0v) is 11.1. The summed E-state index contributed by atoms with van der Waals surface area (Å²) in [5.74, 6) is 0. The van der Waals surface area contributed by atoms with E-state index in [1.807, 2.05) is 39.8 Å². The van der Waals surface area contributed by atoms with Crippen LogP contribution in [0.1, 0.15) is 26.3 Å². The highest BCUT2D eigenvalue weighted by Gasteiger charge is 2.21. The van der Waals surface area contributed by atoms with Crippen molar-refractivity contribution in [3.05, 3.63) is 23.8 Å². The Bertz CT molecular complexity index is 422. The van der Waals surface area contributed by atoms with Crippen LogP contribution < -0.4 is 10.6 Å². The Morgan fingerprint density at radius 3 is 2.41 bits per heavy atom. The largest absolute Gasteiger partial charge is 0.443 e. The number of nitrogens with two attached hydrogens (primary N) is 1. The number of carbonyl (C=O) groups is 1. The molecular formula is C13H20N2O2. The first-order valence-corrected chi connectivity index (χ1v) is 5.53. The summed E-state index contributed by atoms with van der Waals surface area (Å²) in [6.07, 6.45) is -0.370. The zero-order valence-electron chi connectivity index (χ0n) is 11.1. The van der Waals surface area contributed by atoms with Crippen molar-refractivity contribution >= 4 is 17.5 Å². The molecule has 1 aromatic rings. The van der Waals surface area contributed by atoms with E-state index in [4.69, 9.17) is 10.5 Å². The number of anilines is 2. The summed E-state index contributed by atoms with van der Waals surface area (Å²) in [6, 6.07) is 5.41. The van der Waals surface area contributed by atoms with Gasteiger partial charge in [-0.25, -0.2) is 4.79 Å². The Morgan fingerprint density at radius 1 is 1.35 bits per heavy atom. The van der Waals surface area contributed by atoms with Gasteiger partial charge in [-0.15, -0.1) is 0 Å². The molecule has 0 heterocycles. The number of nitrogens with zero attached hydrogens (tertiary/aromatic N) is 1. The maximum atomic E-state index is 11.9. The highest BCUT2D eigenvalue weighted by Crippen LogP contribution is 2.22. The molecule has 0 unspecified atom stereocenters. The van der Waals surface area contributed by atoms with E-state index in [1.54, 1.807) is 13.1 Å². The van der Waals surface area contributed by atoms with Crippen molar-refractivity contribution < 1.29 is 9.53 Å². The SMILES string of the molecule is Cc1cc(N)ccc1N(C)C(=O)OC(C)(C)C. The molecule has 1 aromatic carbocycles. The van der Waals surface area contributed by atoms with Crippen molar-refractivity contribution in [2.45, 2.75) is 33.3 Å². The molecule has 0 aliphatic heterocycles. The van der Waals surface area contributed by atoms with Gasteiger partial charge >= 0.3 is 6.09 Å². The molecule has 0 saturated heterocycles. The molecule has 0 aliphatic carbocycles. The standard InChI is InChI=1S/C13H20N2O2/c1-9-8-10(14)6-7-11(9)15(5)12(16)17-13(2,3)4/h6-8H,14H2,1-5H3. The molecular weight excluding hydrogens is 216 g/mol. The molecule has 0 bridgehead atoms. The average Bonchev–Trinajstić information content (AvgIpc) is 2.14. The number of hydrogen-bond donors (Lipinski definition) is 1. The fraction of sp³-hybridized carbons (Fsp3) is 0.462. The minimum Gasteiger partial charge on any atom is -0.443 e. The van der Waals surface area contributed by atoms with Crippen molar-refractivity contribution in [2.75, 3.05) is 17.7 Å². The van der Waals surface area contributed by atoms with Gasteiger partial charge in [0.2, 0.25) is 0 Å². The third kappa shape index (κ3) is 3.66. The smallest absolute Gasteiger partial charge is 0.414 e. The van der Waals surface area contributed by atoms with E-state index >= 15 is 0 Å². The summed E-state index contributed by atoms with van der Waals surface area (Å²) in [5, 5.41) is 0. The lowest BCUT2D eigenvalue weighted by atomic mass is 10.1. The normalized spacial score (nSPS) is 11.1. The van der Waals surface area contributed by atoms with E-state index in [0.717, 1.165) is 11.3 Å². The summed E-state index contributed by atoms with van der Waals surface area (Å²) in [5.41, 5.74) is 7.60. The Morgan fingerprint density at radius 2 is 1.94 bits per heavy atom. The first-order valence-electron chi connectivity index (χ1n) is 5.53. The number of benzene rings is 1. The van der Waals surface area contributed by atoms with E-state index in [0.29, 0.717) is 5.69 Å². The molecule has 4 heteroatoms. The van der Waals surface area contributed by atoms with Crippen molar-refractivity contribution in [2.24, 2.45) is 0 Å². The van der Waals surface area contributed by atoms with Crippen molar-refractivity contribution in [1.29, 1.82) is 0 Å². The Balaban J connectivity index is 2.89. The lowest BCUT2D eigenvalue weighted by Gasteiger charge is -2.25. The number of ether oxygens (including phenoxy) is 1. The first kappa shape index (κ1) is 13.4. The van der Waals surface area contributed by atoms with Gasteiger partial charge < -0.3 is 10.5 Å². The van der Waals surface area contributed by atoms with Crippen molar-refractivity contribution in [3.8, 4) is 0 Å². The van der Waals surface area contributed by atoms with Gasteiger partial charge in [0.25, 0.3) is 0 Å². The van der Waals surface area contributed by atoms with Crippen LogP contribution in [0.2, 0.25) is 0 Å². The third-order valence-corrected chi connectivity index (χ3v) is 2.25. The van der Waals surface area contributed by atoms with Crippen LogP contribution in [0.5, 0.6) is 0 Å². The maximum absolute atomic E-state index is 11.9. The number of amides is 1. The zero-order chi connectivity index (χ0) is 13.2. The summed E-state index contributed by atoms with van der Waals surface area (Å²) < 4.78 is 5.29. The van der Waals surface area contributed by atoms with Gasteiger partial charge in [0.05, 0.1) is 0 Å². The summed E-state index contributed by atoms with van der Waals surface area (Å²) in [7, 11) is 1.69. The van der Waals surface area contributed by atoms with E-state index in [2.05, 4.69) is 0 Å². The average molecular weight is 236 g/mol. The lowest BCUT2D eigenvalue weighted by Crippen LogP contribution is -2.34. The van der Waals surface area contributed by atoms with Crippen molar-refractivity contribution in [1.82, 2.24) is 0 Å². The molecule has 0 radical (unpaired) electrons. The Labute approximate surface area is 102 Å². The van der Waals surface area contributed by atoms with Gasteiger partial charge in [-0.1, -0.05) is 0 Å². The predicted molar refractivity (Wildman–Crippen MR) is 70.2 cm³/mol. The number of carbonyl (C=O) groups excluding carboxylic acids is 1. The second-order valence-corrected chi connectivity index (χ2v) is 5.09. The summed E-state index contributed by atoms with van der Waals surface area (Å²) in [4.78, 5) is 13.4. The molecule has 0 atom stereocenters. The fourth-order valence-electron chi connectivity index (χ4n) is 1.48. The van der Waals surface area contributed by atoms with Crippen LogP contribution in [0.4, 0.5) is 16.2 Å². The van der Waals surface area contributed by atoms with E-state index in [9.17, 15) is 4.79 Å². The second kappa shape index (κ2) is 4.65. The minimum absolute atomic E-state index is 0.370.